The van der Waals surface area contributed by atoms with E-state index < -0.39 is 5.97 Å². The van der Waals surface area contributed by atoms with Crippen LogP contribution in [0.25, 0.3) is 0 Å². The molecular weight excluding hydrogens is 122 g/mol. The number of rotatable bonds is 1. The van der Waals surface area contributed by atoms with Gasteiger partial charge in [0.05, 0.1) is 0 Å². The number of nitrogens with two attached hydrogens (primary N) is 1. The van der Waals surface area contributed by atoms with Crippen LogP contribution in [-0.4, -0.2) is 17.0 Å². The van der Waals surface area contributed by atoms with E-state index in [-0.39, 0.29) is 5.91 Å². The molecule has 0 heterocycles. The van der Waals surface area contributed by atoms with Gasteiger partial charge in [-0.25, -0.2) is 0 Å². The molecule has 4 heteroatoms. The maximum Gasteiger partial charge on any atom is 0.300 e. The van der Waals surface area contributed by atoms with Gasteiger partial charge in [-0.15, -0.1) is 0 Å². The van der Waals surface area contributed by atoms with Crippen LogP contribution in [0.1, 0.15) is 20.3 Å². The Morgan fingerprint density at radius 1 is 1.56 bits per heavy atom. The van der Waals surface area contributed by atoms with E-state index in [0.717, 1.165) is 6.92 Å². The molecule has 0 aliphatic carbocycles. The molecule has 0 unspecified atom stereocenters. The first-order chi connectivity index (χ1) is 4.00. The number of carboxylic acid groups (broad SMARTS) is 1. The van der Waals surface area contributed by atoms with Gasteiger partial charge < -0.3 is 10.8 Å². The molecule has 9 heavy (non-hydrogen) atoms. The molecule has 0 aromatic carbocycles. The molecule has 1 amide bonds. The van der Waals surface area contributed by atoms with Gasteiger partial charge in [0.25, 0.3) is 5.97 Å². The van der Waals surface area contributed by atoms with E-state index >= 15 is 0 Å². The summed E-state index contributed by atoms with van der Waals surface area (Å²) < 4.78 is 0. The van der Waals surface area contributed by atoms with Crippen molar-refractivity contribution in [1.29, 1.82) is 0 Å². The maximum atomic E-state index is 9.59. The second-order valence-corrected chi connectivity index (χ2v) is 1.34. The van der Waals surface area contributed by atoms with Crippen molar-refractivity contribution >= 4 is 11.9 Å². The molecule has 0 aliphatic rings. The van der Waals surface area contributed by atoms with Crippen LogP contribution < -0.4 is 5.73 Å². The first kappa shape index (κ1) is 10.8. The lowest BCUT2D eigenvalue weighted by molar-refractivity contribution is -0.134. The second kappa shape index (κ2) is 6.94. The zero-order valence-corrected chi connectivity index (χ0v) is 5.55. The Morgan fingerprint density at radius 2 is 1.67 bits per heavy atom. The smallest absolute Gasteiger partial charge is 0.300 e. The van der Waals surface area contributed by atoms with Gasteiger partial charge >= 0.3 is 0 Å². The van der Waals surface area contributed by atoms with Crippen LogP contribution in [0, 0.1) is 0 Å². The fraction of sp³-hybridized carbons (Fsp3) is 0.600. The van der Waals surface area contributed by atoms with Crippen molar-refractivity contribution in [3.63, 3.8) is 0 Å². The summed E-state index contributed by atoms with van der Waals surface area (Å²) in [7, 11) is 0. The highest BCUT2D eigenvalue weighted by molar-refractivity contribution is 5.73. The highest BCUT2D eigenvalue weighted by Crippen LogP contribution is 1.63. The topological polar surface area (TPSA) is 80.4 Å². The Morgan fingerprint density at radius 3 is 1.67 bits per heavy atom. The molecule has 0 bridgehead atoms. The standard InChI is InChI=1S/C3H7NO.C2H4O2/c1-2-3(4)5;1-2(3)4/h2H2,1H3,(H2,4,5);1H3,(H,3,4). The molecule has 0 spiro atoms. The fourth-order valence-electron chi connectivity index (χ4n) is 0. The molecular formula is C5H11NO3. The van der Waals surface area contributed by atoms with Crippen LogP contribution in [0.3, 0.4) is 0 Å². The monoisotopic (exact) mass is 133 g/mol. The lowest BCUT2D eigenvalue weighted by atomic mass is 10.5. The van der Waals surface area contributed by atoms with Gasteiger partial charge in [0.2, 0.25) is 5.91 Å². The Bertz CT molecular complexity index is 96.4. The van der Waals surface area contributed by atoms with Gasteiger partial charge in [0.15, 0.2) is 0 Å². The third kappa shape index (κ3) is 192. The normalized spacial score (nSPS) is 6.89. The molecule has 4 nitrogen and oxygen atoms in total. The summed E-state index contributed by atoms with van der Waals surface area (Å²) in [5.74, 6) is -1.08. The largest absolute Gasteiger partial charge is 0.481 e. The summed E-state index contributed by atoms with van der Waals surface area (Å²) in [4.78, 5) is 18.6. The van der Waals surface area contributed by atoms with Crippen molar-refractivity contribution in [3.8, 4) is 0 Å². The number of primary amides is 1. The van der Waals surface area contributed by atoms with Crippen LogP contribution in [0.15, 0.2) is 0 Å². The Kier molecular flexibility index (Phi) is 8.36. The zero-order valence-electron chi connectivity index (χ0n) is 5.55. The van der Waals surface area contributed by atoms with Gasteiger partial charge in [-0.05, 0) is 0 Å². The lowest BCUT2D eigenvalue weighted by Gasteiger charge is -1.73. The predicted octanol–water partition coefficient (Wildman–Crippen LogP) is -0.0274. The van der Waals surface area contributed by atoms with Crippen molar-refractivity contribution < 1.29 is 14.7 Å². The van der Waals surface area contributed by atoms with Crippen LogP contribution in [0.4, 0.5) is 0 Å². The van der Waals surface area contributed by atoms with E-state index in [1.165, 1.54) is 0 Å². The Balaban J connectivity index is 0. The minimum Gasteiger partial charge on any atom is -0.481 e. The lowest BCUT2D eigenvalue weighted by Crippen LogP contribution is -2.06. The SMILES string of the molecule is CC(=O)O.CCC(N)=O. The Hall–Kier alpha value is -1.06. The summed E-state index contributed by atoms with van der Waals surface area (Å²) in [6.45, 7) is 2.81. The van der Waals surface area contributed by atoms with E-state index in [9.17, 15) is 4.79 Å². The van der Waals surface area contributed by atoms with Crippen molar-refractivity contribution in [1.82, 2.24) is 0 Å². The number of carboxylic acids is 1. The quantitative estimate of drug-likeness (QED) is 0.527. The first-order valence-corrected chi connectivity index (χ1v) is 2.48. The Labute approximate surface area is 53.7 Å². The average molecular weight is 133 g/mol. The van der Waals surface area contributed by atoms with Crippen LogP contribution in [0.5, 0.6) is 0 Å². The van der Waals surface area contributed by atoms with Crippen LogP contribution >= 0.6 is 0 Å². The molecule has 3 N–H and O–H groups in total. The third-order valence-corrected chi connectivity index (χ3v) is 0.348. The molecule has 0 aromatic heterocycles. The van der Waals surface area contributed by atoms with Gasteiger partial charge in [-0.2, -0.15) is 0 Å². The summed E-state index contributed by atoms with van der Waals surface area (Å²) in [6, 6.07) is 0. The molecule has 0 aliphatic heterocycles. The van der Waals surface area contributed by atoms with Gasteiger partial charge in [-0.3, -0.25) is 9.59 Å². The number of carbonyl (C=O) groups excluding carboxylic acids is 1. The van der Waals surface area contributed by atoms with Gasteiger partial charge in [-0.1, -0.05) is 6.92 Å². The molecule has 0 saturated carbocycles. The van der Waals surface area contributed by atoms with Gasteiger partial charge in [0.1, 0.15) is 0 Å². The van der Waals surface area contributed by atoms with Crippen molar-refractivity contribution in [2.45, 2.75) is 20.3 Å². The molecule has 0 saturated heterocycles. The first-order valence-electron chi connectivity index (χ1n) is 2.48. The minimum atomic E-state index is -0.833. The van der Waals surface area contributed by atoms with E-state index in [4.69, 9.17) is 9.90 Å². The van der Waals surface area contributed by atoms with Crippen molar-refractivity contribution in [2.24, 2.45) is 5.73 Å². The van der Waals surface area contributed by atoms with E-state index in [0.29, 0.717) is 6.42 Å². The molecule has 0 fully saturated rings. The van der Waals surface area contributed by atoms with Crippen molar-refractivity contribution in [3.05, 3.63) is 0 Å². The molecule has 0 rings (SSSR count). The van der Waals surface area contributed by atoms with Crippen LogP contribution in [-0.2, 0) is 9.59 Å². The molecule has 0 radical (unpaired) electrons. The number of carbonyl (C=O) groups is 2. The maximum absolute atomic E-state index is 9.59. The van der Waals surface area contributed by atoms with E-state index in [1.807, 2.05) is 0 Å². The second-order valence-electron chi connectivity index (χ2n) is 1.34. The summed E-state index contributed by atoms with van der Waals surface area (Å²) >= 11 is 0. The highest BCUT2D eigenvalue weighted by Gasteiger charge is 1.77. The third-order valence-electron chi connectivity index (χ3n) is 0.348. The predicted molar refractivity (Wildman–Crippen MR) is 32.8 cm³/mol. The summed E-state index contributed by atoms with van der Waals surface area (Å²) in [5.41, 5.74) is 4.65. The van der Waals surface area contributed by atoms with Crippen molar-refractivity contribution in [2.75, 3.05) is 0 Å². The van der Waals surface area contributed by atoms with E-state index in [1.54, 1.807) is 6.92 Å². The zero-order chi connectivity index (χ0) is 7.86. The minimum absolute atomic E-state index is 0.245. The fourth-order valence-corrected chi connectivity index (χ4v) is 0. The number of aliphatic carboxylic acids is 1. The molecule has 0 atom stereocenters. The summed E-state index contributed by atoms with van der Waals surface area (Å²) in [6.07, 6.45) is 0.444. The number of hydrogen-bond acceptors (Lipinski definition) is 2. The number of amides is 1. The number of hydrogen-bond donors (Lipinski definition) is 2. The average Bonchev–Trinajstić information content (AvgIpc) is 1.65. The van der Waals surface area contributed by atoms with Crippen LogP contribution in [0.2, 0.25) is 0 Å². The highest BCUT2D eigenvalue weighted by atomic mass is 16.4. The summed E-state index contributed by atoms with van der Waals surface area (Å²) in [5, 5.41) is 7.42. The molecule has 54 valence electrons. The molecule has 0 aromatic rings. The van der Waals surface area contributed by atoms with E-state index in [2.05, 4.69) is 5.73 Å². The van der Waals surface area contributed by atoms with Gasteiger partial charge in [0, 0.05) is 13.3 Å².